The van der Waals surface area contributed by atoms with Crippen molar-refractivity contribution in [2.45, 2.75) is 9.79 Å². The summed E-state index contributed by atoms with van der Waals surface area (Å²) in [6, 6.07) is 19.5. The fourth-order valence-electron chi connectivity index (χ4n) is 3.33. The van der Waals surface area contributed by atoms with Crippen molar-refractivity contribution >= 4 is 20.7 Å². The first-order valence-corrected chi connectivity index (χ1v) is 10.6. The third-order valence-corrected chi connectivity index (χ3v) is 6.63. The first-order chi connectivity index (χ1) is 14.5. The molecule has 0 aliphatic heterocycles. The molecule has 0 radical (unpaired) electrons. The lowest BCUT2D eigenvalue weighted by atomic mass is 10.0. The number of fused-ring (bicyclic) bond motifs is 1. The van der Waals surface area contributed by atoms with Gasteiger partial charge in [0.2, 0.25) is 15.8 Å². The van der Waals surface area contributed by atoms with Crippen molar-refractivity contribution in [1.82, 2.24) is 4.98 Å². The van der Waals surface area contributed by atoms with E-state index in [1.54, 1.807) is 48.5 Å². The summed E-state index contributed by atoms with van der Waals surface area (Å²) in [5.74, 6) is 0.0638. The topological polar surface area (TPSA) is 65.5 Å². The quantitative estimate of drug-likeness (QED) is 0.428. The number of sulfone groups is 1. The van der Waals surface area contributed by atoms with Crippen LogP contribution in [0.25, 0.3) is 22.0 Å². The van der Waals surface area contributed by atoms with Crippen LogP contribution in [-0.2, 0) is 9.84 Å². The van der Waals surface area contributed by atoms with Crippen molar-refractivity contribution in [2.75, 3.05) is 14.2 Å². The summed E-state index contributed by atoms with van der Waals surface area (Å²) >= 11 is 0. The molecule has 0 fully saturated rings. The molecule has 5 nitrogen and oxygen atoms in total. The van der Waals surface area contributed by atoms with E-state index in [1.165, 1.54) is 38.5 Å². The van der Waals surface area contributed by atoms with Crippen molar-refractivity contribution in [1.29, 1.82) is 0 Å². The van der Waals surface area contributed by atoms with Crippen LogP contribution < -0.4 is 9.47 Å². The molecule has 4 aromatic rings. The average molecular weight is 423 g/mol. The number of rotatable bonds is 5. The van der Waals surface area contributed by atoms with Crippen LogP contribution in [0.1, 0.15) is 0 Å². The van der Waals surface area contributed by atoms with Gasteiger partial charge in [-0.25, -0.2) is 13.4 Å². The first-order valence-electron chi connectivity index (χ1n) is 9.07. The maximum atomic E-state index is 15.2. The van der Waals surface area contributed by atoms with Gasteiger partial charge in [-0.05, 0) is 48.0 Å². The molecule has 1 aromatic heterocycles. The van der Waals surface area contributed by atoms with E-state index < -0.39 is 20.7 Å². The number of hydrogen-bond donors (Lipinski definition) is 0. The van der Waals surface area contributed by atoms with Crippen LogP contribution in [-0.4, -0.2) is 27.6 Å². The second-order valence-electron chi connectivity index (χ2n) is 6.53. The molecule has 0 amide bonds. The van der Waals surface area contributed by atoms with Crippen LogP contribution >= 0.6 is 0 Å². The summed E-state index contributed by atoms with van der Waals surface area (Å²) in [6.07, 6.45) is 0. The van der Waals surface area contributed by atoms with E-state index >= 15 is 4.39 Å². The van der Waals surface area contributed by atoms with Crippen LogP contribution in [0.5, 0.6) is 11.5 Å². The lowest BCUT2D eigenvalue weighted by Crippen LogP contribution is -2.09. The van der Waals surface area contributed by atoms with Crippen LogP contribution in [0.3, 0.4) is 0 Å². The Morgan fingerprint density at radius 1 is 0.800 bits per heavy atom. The van der Waals surface area contributed by atoms with Crippen molar-refractivity contribution < 1.29 is 22.3 Å². The Morgan fingerprint density at radius 3 is 1.97 bits per heavy atom. The van der Waals surface area contributed by atoms with Crippen LogP contribution in [0.4, 0.5) is 4.39 Å². The number of para-hydroxylation sites is 1. The van der Waals surface area contributed by atoms with Gasteiger partial charge >= 0.3 is 0 Å². The number of halogens is 1. The van der Waals surface area contributed by atoms with E-state index in [1.807, 2.05) is 0 Å². The second kappa shape index (κ2) is 7.76. The third-order valence-electron chi connectivity index (χ3n) is 4.82. The standard InChI is InChI=1S/C23H18FNO4S/c1-28-16-9-7-15(8-10-16)21-19-5-3-4-6-20(19)25-23(24)22(21)30(26,27)18-13-11-17(29-2)12-14-18/h3-14H,1-2H3. The first kappa shape index (κ1) is 19.8. The Morgan fingerprint density at radius 2 is 1.37 bits per heavy atom. The molecule has 1 heterocycles. The van der Waals surface area contributed by atoms with Crippen LogP contribution in [0.15, 0.2) is 82.6 Å². The lowest BCUT2D eigenvalue weighted by Gasteiger charge is -2.15. The molecule has 0 atom stereocenters. The molecule has 0 bridgehead atoms. The van der Waals surface area contributed by atoms with Gasteiger partial charge in [-0.3, -0.25) is 0 Å². The van der Waals surface area contributed by atoms with E-state index in [0.717, 1.165) is 0 Å². The fourth-order valence-corrected chi connectivity index (χ4v) is 4.82. The number of pyridine rings is 1. The van der Waals surface area contributed by atoms with Gasteiger partial charge in [0.05, 0.1) is 24.6 Å². The van der Waals surface area contributed by atoms with Gasteiger partial charge in [0.15, 0.2) is 0 Å². The zero-order chi connectivity index (χ0) is 21.3. The summed E-state index contributed by atoms with van der Waals surface area (Å²) in [4.78, 5) is 3.42. The molecule has 4 rings (SSSR count). The Bertz CT molecular complexity index is 1320. The normalized spacial score (nSPS) is 11.4. The Balaban J connectivity index is 2.04. The van der Waals surface area contributed by atoms with Crippen LogP contribution in [0, 0.1) is 5.95 Å². The highest BCUT2D eigenvalue weighted by Gasteiger charge is 2.29. The summed E-state index contributed by atoms with van der Waals surface area (Å²) < 4.78 is 52.4. The Kier molecular flexibility index (Phi) is 5.13. The molecular weight excluding hydrogens is 405 g/mol. The van der Waals surface area contributed by atoms with E-state index in [9.17, 15) is 8.42 Å². The molecule has 0 saturated carbocycles. The Hall–Kier alpha value is -3.45. The largest absolute Gasteiger partial charge is 0.497 e. The highest BCUT2D eigenvalue weighted by Crippen LogP contribution is 2.38. The molecule has 0 unspecified atom stereocenters. The van der Waals surface area contributed by atoms with Gasteiger partial charge in [0, 0.05) is 10.9 Å². The molecule has 7 heteroatoms. The molecule has 0 spiro atoms. The minimum absolute atomic E-state index is 0.0472. The summed E-state index contributed by atoms with van der Waals surface area (Å²) in [6.45, 7) is 0. The number of aromatic nitrogens is 1. The SMILES string of the molecule is COc1ccc(-c2c(S(=O)(=O)c3ccc(OC)cc3)c(F)nc3ccccc23)cc1. The molecule has 0 N–H and O–H groups in total. The van der Waals surface area contributed by atoms with Gasteiger partial charge in [-0.1, -0.05) is 30.3 Å². The van der Waals surface area contributed by atoms with Crippen molar-refractivity contribution in [3.8, 4) is 22.6 Å². The highest BCUT2D eigenvalue weighted by molar-refractivity contribution is 7.91. The minimum Gasteiger partial charge on any atom is -0.497 e. The molecule has 152 valence electrons. The zero-order valence-corrected chi connectivity index (χ0v) is 17.1. The molecule has 0 aliphatic carbocycles. The fraction of sp³-hybridized carbons (Fsp3) is 0.0870. The summed E-state index contributed by atoms with van der Waals surface area (Å²) in [7, 11) is -1.18. The number of benzene rings is 3. The minimum atomic E-state index is -4.20. The van der Waals surface area contributed by atoms with Gasteiger partial charge in [-0.15, -0.1) is 0 Å². The van der Waals surface area contributed by atoms with Gasteiger partial charge < -0.3 is 9.47 Å². The number of ether oxygens (including phenoxy) is 2. The molecule has 0 aliphatic rings. The zero-order valence-electron chi connectivity index (χ0n) is 16.3. The van der Waals surface area contributed by atoms with Crippen LogP contribution in [0.2, 0.25) is 0 Å². The Labute approximate surface area is 173 Å². The van der Waals surface area contributed by atoms with Crippen molar-refractivity contribution in [3.05, 3.63) is 78.7 Å². The maximum Gasteiger partial charge on any atom is 0.233 e. The second-order valence-corrected chi connectivity index (χ2v) is 8.42. The maximum absolute atomic E-state index is 15.2. The summed E-state index contributed by atoms with van der Waals surface area (Å²) in [5, 5.41) is 0.538. The van der Waals surface area contributed by atoms with E-state index in [4.69, 9.17) is 9.47 Å². The van der Waals surface area contributed by atoms with Gasteiger partial charge in [0.25, 0.3) is 0 Å². The highest BCUT2D eigenvalue weighted by atomic mass is 32.2. The van der Waals surface area contributed by atoms with Gasteiger partial charge in [0.1, 0.15) is 16.4 Å². The monoisotopic (exact) mass is 423 g/mol. The molecule has 3 aromatic carbocycles. The van der Waals surface area contributed by atoms with Gasteiger partial charge in [-0.2, -0.15) is 4.39 Å². The van der Waals surface area contributed by atoms with Crippen molar-refractivity contribution in [3.63, 3.8) is 0 Å². The molecular formula is C23H18FNO4S. The van der Waals surface area contributed by atoms with E-state index in [-0.39, 0.29) is 10.5 Å². The average Bonchev–Trinajstić information content (AvgIpc) is 2.78. The molecule has 30 heavy (non-hydrogen) atoms. The van der Waals surface area contributed by atoms with E-state index in [2.05, 4.69) is 4.98 Å². The third kappa shape index (κ3) is 3.37. The summed E-state index contributed by atoms with van der Waals surface area (Å²) in [5.41, 5.74) is 1.17. The molecule has 0 saturated heterocycles. The predicted octanol–water partition coefficient (Wildman–Crippen LogP) is 4.89. The van der Waals surface area contributed by atoms with E-state index in [0.29, 0.717) is 28.0 Å². The number of hydrogen-bond acceptors (Lipinski definition) is 5. The predicted molar refractivity (Wildman–Crippen MR) is 112 cm³/mol. The lowest BCUT2D eigenvalue weighted by molar-refractivity contribution is 0.414. The van der Waals surface area contributed by atoms with Crippen molar-refractivity contribution in [2.24, 2.45) is 0 Å². The smallest absolute Gasteiger partial charge is 0.233 e. The number of methoxy groups -OCH3 is 2. The number of nitrogens with zero attached hydrogens (tertiary/aromatic N) is 1.